The highest BCUT2D eigenvalue weighted by molar-refractivity contribution is 7.85. The first kappa shape index (κ1) is 15.2. The summed E-state index contributed by atoms with van der Waals surface area (Å²) in [5.74, 6) is 0.0345. The number of rotatable bonds is 3. The van der Waals surface area contributed by atoms with Gasteiger partial charge < -0.3 is 9.64 Å². The maximum atomic E-state index is 11.7. The van der Waals surface area contributed by atoms with Gasteiger partial charge in [0.1, 0.15) is 5.60 Å². The fraction of sp³-hybridized carbons (Fsp3) is 0.909. The van der Waals surface area contributed by atoms with Crippen LogP contribution < -0.4 is 0 Å². The molecule has 1 fully saturated rings. The average molecular weight is 279 g/mol. The van der Waals surface area contributed by atoms with Gasteiger partial charge in [0.25, 0.3) is 10.1 Å². The summed E-state index contributed by atoms with van der Waals surface area (Å²) in [4.78, 5) is 13.3. The van der Waals surface area contributed by atoms with E-state index in [0.29, 0.717) is 6.54 Å². The van der Waals surface area contributed by atoms with Crippen molar-refractivity contribution in [1.29, 1.82) is 0 Å². The van der Waals surface area contributed by atoms with Crippen LogP contribution in [0.5, 0.6) is 0 Å². The molecular weight excluding hydrogens is 258 g/mol. The zero-order chi connectivity index (χ0) is 14.1. The summed E-state index contributed by atoms with van der Waals surface area (Å²) >= 11 is 0. The van der Waals surface area contributed by atoms with Crippen LogP contribution in [0.2, 0.25) is 0 Å². The minimum absolute atomic E-state index is 0.0345. The second kappa shape index (κ2) is 5.05. The van der Waals surface area contributed by atoms with E-state index in [4.69, 9.17) is 8.92 Å². The molecule has 0 aromatic carbocycles. The fourth-order valence-electron chi connectivity index (χ4n) is 1.65. The molecule has 1 rings (SSSR count). The van der Waals surface area contributed by atoms with E-state index in [0.717, 1.165) is 6.26 Å². The highest BCUT2D eigenvalue weighted by Crippen LogP contribution is 2.27. The first-order chi connectivity index (χ1) is 7.99. The van der Waals surface area contributed by atoms with E-state index in [1.165, 1.54) is 0 Å². The smallest absolute Gasteiger partial charge is 0.410 e. The normalized spacial score (nSPS) is 24.6. The first-order valence-corrected chi connectivity index (χ1v) is 7.65. The summed E-state index contributed by atoms with van der Waals surface area (Å²) in [6.45, 7) is 7.84. The van der Waals surface area contributed by atoms with Gasteiger partial charge >= 0.3 is 6.09 Å². The molecule has 0 aromatic rings. The summed E-state index contributed by atoms with van der Waals surface area (Å²) in [5, 5.41) is 0. The van der Waals surface area contributed by atoms with Crippen LogP contribution >= 0.6 is 0 Å². The molecule has 1 aliphatic heterocycles. The van der Waals surface area contributed by atoms with Crippen LogP contribution in [-0.2, 0) is 19.0 Å². The lowest BCUT2D eigenvalue weighted by Gasteiger charge is -2.45. The Morgan fingerprint density at radius 3 is 2.33 bits per heavy atom. The molecule has 1 aliphatic rings. The minimum atomic E-state index is -3.42. The van der Waals surface area contributed by atoms with Crippen LogP contribution in [0, 0.1) is 5.92 Å². The maximum absolute atomic E-state index is 11.7. The van der Waals surface area contributed by atoms with Crippen LogP contribution in [0.25, 0.3) is 0 Å². The number of hydrogen-bond donors (Lipinski definition) is 0. The molecule has 18 heavy (non-hydrogen) atoms. The number of hydrogen-bond acceptors (Lipinski definition) is 5. The van der Waals surface area contributed by atoms with Crippen LogP contribution in [-0.4, -0.2) is 50.5 Å². The minimum Gasteiger partial charge on any atom is -0.444 e. The zero-order valence-electron chi connectivity index (χ0n) is 11.5. The van der Waals surface area contributed by atoms with Gasteiger partial charge in [0.05, 0.1) is 12.9 Å². The molecule has 0 bridgehead atoms. The third-order valence-electron chi connectivity index (χ3n) is 2.73. The van der Waals surface area contributed by atoms with Crippen LogP contribution in [0.3, 0.4) is 0 Å². The summed E-state index contributed by atoms with van der Waals surface area (Å²) in [6, 6.07) is -0.0680. The van der Waals surface area contributed by atoms with Crippen LogP contribution in [0.1, 0.15) is 27.7 Å². The quantitative estimate of drug-likeness (QED) is 0.726. The predicted molar refractivity (Wildman–Crippen MR) is 66.7 cm³/mol. The first-order valence-electron chi connectivity index (χ1n) is 5.83. The van der Waals surface area contributed by atoms with Crippen molar-refractivity contribution in [1.82, 2.24) is 4.90 Å². The number of likely N-dealkylation sites (tertiary alicyclic amines) is 1. The summed E-state index contributed by atoms with van der Waals surface area (Å²) in [7, 11) is -3.42. The SMILES string of the molecule is C[C@H]1C(COS(C)(=O)=O)CN1C(=O)OC(C)(C)C. The van der Waals surface area contributed by atoms with Gasteiger partial charge in [-0.25, -0.2) is 4.79 Å². The van der Waals surface area contributed by atoms with Crippen molar-refractivity contribution < 1.29 is 22.1 Å². The van der Waals surface area contributed by atoms with Crippen LogP contribution in [0.4, 0.5) is 4.79 Å². The third kappa shape index (κ3) is 4.45. The lowest BCUT2D eigenvalue weighted by atomic mass is 9.91. The van der Waals surface area contributed by atoms with E-state index in [-0.39, 0.29) is 24.7 Å². The van der Waals surface area contributed by atoms with E-state index in [2.05, 4.69) is 0 Å². The Bertz CT molecular complexity index is 412. The van der Waals surface area contributed by atoms with Crippen molar-refractivity contribution in [2.45, 2.75) is 39.3 Å². The molecule has 106 valence electrons. The van der Waals surface area contributed by atoms with Crippen molar-refractivity contribution in [3.8, 4) is 0 Å². The Balaban J connectivity index is 2.41. The third-order valence-corrected chi connectivity index (χ3v) is 3.29. The molecule has 7 heteroatoms. The Kier molecular flexibility index (Phi) is 4.27. The van der Waals surface area contributed by atoms with Crippen molar-refractivity contribution >= 4 is 16.2 Å². The van der Waals surface area contributed by atoms with Crippen LogP contribution in [0.15, 0.2) is 0 Å². The van der Waals surface area contributed by atoms with E-state index in [9.17, 15) is 13.2 Å². The monoisotopic (exact) mass is 279 g/mol. The summed E-state index contributed by atoms with van der Waals surface area (Å²) in [6.07, 6.45) is 0.646. The fourth-order valence-corrected chi connectivity index (χ4v) is 2.07. The number of nitrogens with zero attached hydrogens (tertiary/aromatic N) is 1. The number of carbonyl (C=O) groups is 1. The van der Waals surface area contributed by atoms with Crippen molar-refractivity contribution in [3.05, 3.63) is 0 Å². The Morgan fingerprint density at radius 1 is 1.39 bits per heavy atom. The van der Waals surface area contributed by atoms with Gasteiger partial charge in [-0.15, -0.1) is 0 Å². The second-order valence-corrected chi connectivity index (χ2v) is 7.27. The van der Waals surface area contributed by atoms with Gasteiger partial charge in [0.15, 0.2) is 0 Å². The number of carbonyl (C=O) groups excluding carboxylic acids is 1. The van der Waals surface area contributed by atoms with E-state index < -0.39 is 15.7 Å². The molecular formula is C11H21NO5S. The Hall–Kier alpha value is -0.820. The lowest BCUT2D eigenvalue weighted by molar-refractivity contribution is -0.0339. The topological polar surface area (TPSA) is 72.9 Å². The van der Waals surface area contributed by atoms with Crippen molar-refractivity contribution in [3.63, 3.8) is 0 Å². The van der Waals surface area contributed by atoms with Gasteiger partial charge in [-0.2, -0.15) is 8.42 Å². The molecule has 1 amide bonds. The summed E-state index contributed by atoms with van der Waals surface area (Å²) < 4.78 is 31.7. The summed E-state index contributed by atoms with van der Waals surface area (Å²) in [5.41, 5.74) is -0.523. The number of amides is 1. The Morgan fingerprint density at radius 2 is 1.94 bits per heavy atom. The van der Waals surface area contributed by atoms with Crippen molar-refractivity contribution in [2.24, 2.45) is 5.92 Å². The molecule has 1 heterocycles. The molecule has 6 nitrogen and oxygen atoms in total. The predicted octanol–water partition coefficient (Wildman–Crippen LogP) is 1.22. The van der Waals surface area contributed by atoms with E-state index >= 15 is 0 Å². The number of ether oxygens (including phenoxy) is 1. The van der Waals surface area contributed by atoms with E-state index in [1.54, 1.807) is 25.7 Å². The lowest BCUT2D eigenvalue weighted by Crippen LogP contribution is -2.59. The maximum Gasteiger partial charge on any atom is 0.410 e. The molecule has 0 saturated carbocycles. The molecule has 0 radical (unpaired) electrons. The molecule has 0 aliphatic carbocycles. The highest BCUT2D eigenvalue weighted by atomic mass is 32.2. The Labute approximate surface area is 108 Å². The van der Waals surface area contributed by atoms with Crippen molar-refractivity contribution in [2.75, 3.05) is 19.4 Å². The molecule has 0 spiro atoms. The second-order valence-electron chi connectivity index (χ2n) is 5.62. The standard InChI is InChI=1S/C11H21NO5S/c1-8-9(7-16-18(5,14)15)6-12(8)10(13)17-11(2,3)4/h8-9H,6-7H2,1-5H3/t8-,9?/m0/s1. The highest BCUT2D eigenvalue weighted by Gasteiger charge is 2.41. The largest absolute Gasteiger partial charge is 0.444 e. The zero-order valence-corrected chi connectivity index (χ0v) is 12.3. The molecule has 1 saturated heterocycles. The molecule has 2 atom stereocenters. The van der Waals surface area contributed by atoms with Gasteiger partial charge in [-0.1, -0.05) is 0 Å². The average Bonchev–Trinajstić information content (AvgIpc) is 2.10. The van der Waals surface area contributed by atoms with Gasteiger partial charge in [0, 0.05) is 18.5 Å². The molecule has 0 aromatic heterocycles. The van der Waals surface area contributed by atoms with E-state index in [1.807, 2.05) is 6.92 Å². The van der Waals surface area contributed by atoms with Gasteiger partial charge in [-0.05, 0) is 27.7 Å². The van der Waals surface area contributed by atoms with Gasteiger partial charge in [0.2, 0.25) is 0 Å². The van der Waals surface area contributed by atoms with Gasteiger partial charge in [-0.3, -0.25) is 4.18 Å². The molecule has 1 unspecified atom stereocenters. The molecule has 0 N–H and O–H groups in total.